The SMILES string of the molecule is C=C(C)C(=O)OCCCCC(F)(F)C(F)(F)F. The summed E-state index contributed by atoms with van der Waals surface area (Å²) in [6.45, 7) is 4.49. The van der Waals surface area contributed by atoms with Gasteiger partial charge in [-0.25, -0.2) is 4.79 Å². The van der Waals surface area contributed by atoms with Crippen LogP contribution >= 0.6 is 0 Å². The summed E-state index contributed by atoms with van der Waals surface area (Å²) in [5, 5.41) is 0. The van der Waals surface area contributed by atoms with Crippen molar-refractivity contribution in [2.75, 3.05) is 6.61 Å². The Morgan fingerprint density at radius 1 is 1.18 bits per heavy atom. The van der Waals surface area contributed by atoms with Crippen molar-refractivity contribution in [1.29, 1.82) is 0 Å². The minimum atomic E-state index is -5.53. The lowest BCUT2D eigenvalue weighted by atomic mass is 10.1. The van der Waals surface area contributed by atoms with Crippen molar-refractivity contribution < 1.29 is 31.5 Å². The number of ether oxygens (including phenoxy) is 1. The minimum absolute atomic E-state index is 0.0509. The molecule has 0 unspecified atom stereocenters. The van der Waals surface area contributed by atoms with E-state index >= 15 is 0 Å². The number of carbonyl (C=O) groups is 1. The molecule has 0 spiro atoms. The van der Waals surface area contributed by atoms with E-state index in [-0.39, 0.29) is 25.0 Å². The van der Waals surface area contributed by atoms with Gasteiger partial charge in [0.15, 0.2) is 0 Å². The van der Waals surface area contributed by atoms with E-state index in [1.807, 2.05) is 0 Å². The molecule has 2 nitrogen and oxygen atoms in total. The number of carbonyl (C=O) groups excluding carboxylic acids is 1. The molecule has 0 aliphatic carbocycles. The molecule has 17 heavy (non-hydrogen) atoms. The summed E-state index contributed by atoms with van der Waals surface area (Å²) in [7, 11) is 0. The first-order valence-electron chi connectivity index (χ1n) is 4.85. The van der Waals surface area contributed by atoms with Gasteiger partial charge in [-0.1, -0.05) is 6.58 Å². The first kappa shape index (κ1) is 15.9. The number of hydrogen-bond donors (Lipinski definition) is 0. The summed E-state index contributed by atoms with van der Waals surface area (Å²) in [6, 6.07) is 0. The lowest BCUT2D eigenvalue weighted by molar-refractivity contribution is -0.284. The summed E-state index contributed by atoms with van der Waals surface area (Å²) in [5.41, 5.74) is 0.144. The molecule has 0 rings (SSSR count). The Kier molecular flexibility index (Phi) is 5.57. The van der Waals surface area contributed by atoms with E-state index < -0.39 is 24.5 Å². The summed E-state index contributed by atoms with van der Waals surface area (Å²) in [6.07, 6.45) is -7.26. The third-order valence-electron chi connectivity index (χ3n) is 1.88. The molecule has 0 amide bonds. The van der Waals surface area contributed by atoms with Crippen molar-refractivity contribution >= 4 is 5.97 Å². The zero-order chi connectivity index (χ0) is 13.7. The van der Waals surface area contributed by atoms with Gasteiger partial charge in [-0.2, -0.15) is 22.0 Å². The molecule has 0 aromatic heterocycles. The molecule has 0 fully saturated rings. The summed E-state index contributed by atoms with van der Waals surface area (Å²) >= 11 is 0. The number of esters is 1. The van der Waals surface area contributed by atoms with Crippen LogP contribution in [0.2, 0.25) is 0 Å². The maximum absolute atomic E-state index is 12.4. The minimum Gasteiger partial charge on any atom is -0.462 e. The van der Waals surface area contributed by atoms with E-state index in [0.29, 0.717) is 0 Å². The Labute approximate surface area is 95.4 Å². The largest absolute Gasteiger partial charge is 0.462 e. The number of alkyl halides is 5. The van der Waals surface area contributed by atoms with Crippen LogP contribution in [-0.2, 0) is 9.53 Å². The van der Waals surface area contributed by atoms with Gasteiger partial charge in [0, 0.05) is 12.0 Å². The molecule has 0 saturated heterocycles. The Balaban J connectivity index is 3.80. The fourth-order valence-electron chi connectivity index (χ4n) is 0.879. The molecule has 0 atom stereocenters. The second kappa shape index (κ2) is 5.97. The van der Waals surface area contributed by atoms with Crippen LogP contribution in [0.1, 0.15) is 26.2 Å². The lowest BCUT2D eigenvalue weighted by Gasteiger charge is -2.19. The van der Waals surface area contributed by atoms with E-state index in [9.17, 15) is 26.7 Å². The number of rotatable bonds is 6. The Morgan fingerprint density at radius 3 is 2.12 bits per heavy atom. The van der Waals surface area contributed by atoms with Gasteiger partial charge in [0.25, 0.3) is 0 Å². The van der Waals surface area contributed by atoms with Crippen LogP contribution in [0.3, 0.4) is 0 Å². The van der Waals surface area contributed by atoms with Gasteiger partial charge >= 0.3 is 18.1 Å². The number of hydrogen-bond acceptors (Lipinski definition) is 2. The maximum Gasteiger partial charge on any atom is 0.453 e. The van der Waals surface area contributed by atoms with E-state index in [4.69, 9.17) is 0 Å². The highest BCUT2D eigenvalue weighted by atomic mass is 19.4. The number of unbranched alkanes of at least 4 members (excludes halogenated alkanes) is 1. The summed E-state index contributed by atoms with van der Waals surface area (Å²) in [4.78, 5) is 10.8. The fraction of sp³-hybridized carbons (Fsp3) is 0.700. The molecule has 100 valence electrons. The molecular formula is C10H13F5O2. The smallest absolute Gasteiger partial charge is 0.453 e. The van der Waals surface area contributed by atoms with Crippen molar-refractivity contribution in [2.45, 2.75) is 38.3 Å². The predicted octanol–water partition coefficient (Wildman–Crippen LogP) is 3.47. The summed E-state index contributed by atoms with van der Waals surface area (Å²) in [5.74, 6) is -5.38. The molecule has 0 saturated carbocycles. The normalized spacial score (nSPS) is 12.4. The molecule has 0 radical (unpaired) electrons. The Bertz CT molecular complexity index is 283. The second-order valence-corrected chi connectivity index (χ2v) is 3.58. The molecule has 0 aromatic rings. The molecule has 0 N–H and O–H groups in total. The van der Waals surface area contributed by atoms with Crippen molar-refractivity contribution in [3.63, 3.8) is 0 Å². The zero-order valence-electron chi connectivity index (χ0n) is 9.24. The van der Waals surface area contributed by atoms with Crippen LogP contribution in [0.5, 0.6) is 0 Å². The molecule has 0 aliphatic heterocycles. The van der Waals surface area contributed by atoms with Crippen LogP contribution in [0, 0.1) is 0 Å². The number of halogens is 5. The second-order valence-electron chi connectivity index (χ2n) is 3.58. The molecule has 0 bridgehead atoms. The third kappa shape index (κ3) is 5.65. The summed E-state index contributed by atoms with van der Waals surface area (Å²) < 4.78 is 64.5. The standard InChI is InChI=1S/C10H13F5O2/c1-7(2)8(16)17-6-4-3-5-9(11,12)10(13,14)15/h1,3-6H2,2H3. The first-order valence-corrected chi connectivity index (χ1v) is 4.85. The van der Waals surface area contributed by atoms with Crippen molar-refractivity contribution in [1.82, 2.24) is 0 Å². The zero-order valence-corrected chi connectivity index (χ0v) is 9.24. The molecule has 0 aromatic carbocycles. The van der Waals surface area contributed by atoms with Crippen molar-refractivity contribution in [3.8, 4) is 0 Å². The molecule has 0 aliphatic rings. The van der Waals surface area contributed by atoms with Crippen LogP contribution in [0.25, 0.3) is 0 Å². The van der Waals surface area contributed by atoms with E-state index in [2.05, 4.69) is 11.3 Å². The van der Waals surface area contributed by atoms with Crippen LogP contribution < -0.4 is 0 Å². The van der Waals surface area contributed by atoms with Gasteiger partial charge in [0.05, 0.1) is 6.61 Å². The van der Waals surface area contributed by atoms with Gasteiger partial charge in [-0.05, 0) is 19.8 Å². The fourth-order valence-corrected chi connectivity index (χ4v) is 0.879. The Hall–Kier alpha value is -1.14. The van der Waals surface area contributed by atoms with Crippen LogP contribution in [-0.4, -0.2) is 24.7 Å². The monoisotopic (exact) mass is 260 g/mol. The highest BCUT2D eigenvalue weighted by molar-refractivity contribution is 5.86. The predicted molar refractivity (Wildman–Crippen MR) is 50.6 cm³/mol. The highest BCUT2D eigenvalue weighted by Crippen LogP contribution is 2.38. The topological polar surface area (TPSA) is 26.3 Å². The van der Waals surface area contributed by atoms with Crippen LogP contribution in [0.4, 0.5) is 22.0 Å². The Morgan fingerprint density at radius 2 is 1.71 bits per heavy atom. The average Bonchev–Trinajstić information content (AvgIpc) is 2.14. The van der Waals surface area contributed by atoms with Gasteiger partial charge in [-0.15, -0.1) is 0 Å². The first-order chi connectivity index (χ1) is 7.58. The molecule has 7 heteroatoms. The highest BCUT2D eigenvalue weighted by Gasteiger charge is 2.56. The van der Waals surface area contributed by atoms with E-state index in [1.165, 1.54) is 6.92 Å². The van der Waals surface area contributed by atoms with Gasteiger partial charge in [-0.3, -0.25) is 0 Å². The third-order valence-corrected chi connectivity index (χ3v) is 1.88. The lowest BCUT2D eigenvalue weighted by Crippen LogP contribution is -2.36. The van der Waals surface area contributed by atoms with E-state index in [1.54, 1.807) is 0 Å². The molecular weight excluding hydrogens is 247 g/mol. The van der Waals surface area contributed by atoms with Gasteiger partial charge < -0.3 is 4.74 Å². The van der Waals surface area contributed by atoms with Gasteiger partial charge in [0.1, 0.15) is 0 Å². The van der Waals surface area contributed by atoms with Crippen LogP contribution in [0.15, 0.2) is 12.2 Å². The maximum atomic E-state index is 12.4. The quantitative estimate of drug-likeness (QED) is 0.316. The van der Waals surface area contributed by atoms with Gasteiger partial charge in [0.2, 0.25) is 0 Å². The van der Waals surface area contributed by atoms with E-state index in [0.717, 1.165) is 0 Å². The average molecular weight is 260 g/mol. The van der Waals surface area contributed by atoms with Crippen molar-refractivity contribution in [2.24, 2.45) is 0 Å². The molecule has 0 heterocycles. The van der Waals surface area contributed by atoms with Crippen molar-refractivity contribution in [3.05, 3.63) is 12.2 Å².